The molecular formula is C12H31O3PSi2. The van der Waals surface area contributed by atoms with Crippen molar-refractivity contribution in [3.8, 4) is 0 Å². The van der Waals surface area contributed by atoms with E-state index in [1.165, 1.54) is 0 Å². The molecule has 2 atom stereocenters. The predicted molar refractivity (Wildman–Crippen MR) is 86.7 cm³/mol. The van der Waals surface area contributed by atoms with E-state index in [4.69, 9.17) is 13.3 Å². The minimum Gasteiger partial charge on any atom is -0.374 e. The van der Waals surface area contributed by atoms with Gasteiger partial charge in [0, 0.05) is 19.3 Å². The third-order valence-corrected chi connectivity index (χ3v) is 12.7. The first-order valence-electron chi connectivity index (χ1n) is 6.91. The molecule has 6 heteroatoms. The first-order chi connectivity index (χ1) is 8.14. The van der Waals surface area contributed by atoms with Gasteiger partial charge in [-0.05, 0) is 20.8 Å². The summed E-state index contributed by atoms with van der Waals surface area (Å²) in [6.07, 6.45) is 1.03. The summed E-state index contributed by atoms with van der Waals surface area (Å²) in [5.41, 5.74) is 0. The highest BCUT2D eigenvalue weighted by atomic mass is 31.0. The average Bonchev–Trinajstić information content (AvgIpc) is 2.15. The molecule has 0 saturated heterocycles. The van der Waals surface area contributed by atoms with E-state index in [-0.39, 0.29) is 4.97 Å². The van der Waals surface area contributed by atoms with Gasteiger partial charge < -0.3 is 13.3 Å². The molecule has 0 aromatic carbocycles. The van der Waals surface area contributed by atoms with Crippen LogP contribution in [0.5, 0.6) is 0 Å². The quantitative estimate of drug-likeness (QED) is 0.477. The molecule has 0 aromatic rings. The highest BCUT2D eigenvalue weighted by Gasteiger charge is 2.48. The second kappa shape index (κ2) is 7.51. The molecule has 0 bridgehead atoms. The summed E-state index contributed by atoms with van der Waals surface area (Å²) in [5.74, 6) is 0. The second-order valence-corrected chi connectivity index (χ2v) is 15.6. The third kappa shape index (κ3) is 5.39. The van der Waals surface area contributed by atoms with Crippen molar-refractivity contribution >= 4 is 26.1 Å². The van der Waals surface area contributed by atoms with Crippen molar-refractivity contribution in [3.05, 3.63) is 0 Å². The molecule has 0 aromatic heterocycles. The van der Waals surface area contributed by atoms with E-state index in [2.05, 4.69) is 42.7 Å². The first kappa shape index (κ1) is 18.7. The maximum Gasteiger partial charge on any atom is 0.501 e. The molecule has 0 saturated carbocycles. The normalized spacial score (nSPS) is 16.7. The van der Waals surface area contributed by atoms with Crippen LogP contribution in [0.25, 0.3) is 0 Å². The molecule has 0 heterocycles. The van der Waals surface area contributed by atoms with Crippen molar-refractivity contribution in [1.82, 2.24) is 0 Å². The van der Waals surface area contributed by atoms with E-state index in [9.17, 15) is 0 Å². The summed E-state index contributed by atoms with van der Waals surface area (Å²) in [7, 11) is -1.10. The molecule has 0 radical (unpaired) electrons. The highest BCUT2D eigenvalue weighted by Crippen LogP contribution is 2.36. The summed E-state index contributed by atoms with van der Waals surface area (Å²) >= 11 is 0. The number of hydrogen-bond acceptors (Lipinski definition) is 3. The Labute approximate surface area is 118 Å². The van der Waals surface area contributed by atoms with Gasteiger partial charge in [0.1, 0.15) is 0 Å². The molecule has 0 aliphatic rings. The Bertz CT molecular complexity index is 225. The van der Waals surface area contributed by atoms with E-state index in [0.717, 1.165) is 12.5 Å². The Morgan fingerprint density at radius 2 is 1.44 bits per heavy atom. The van der Waals surface area contributed by atoms with Crippen molar-refractivity contribution in [3.63, 3.8) is 0 Å². The van der Waals surface area contributed by atoms with Crippen molar-refractivity contribution in [2.75, 3.05) is 13.2 Å². The van der Waals surface area contributed by atoms with Crippen LogP contribution in [0.1, 0.15) is 34.1 Å². The van der Waals surface area contributed by atoms with E-state index in [1.807, 2.05) is 13.8 Å². The van der Waals surface area contributed by atoms with Crippen LogP contribution in [-0.2, 0) is 13.3 Å². The van der Waals surface area contributed by atoms with E-state index < -0.39 is 16.9 Å². The van der Waals surface area contributed by atoms with Gasteiger partial charge in [-0.3, -0.25) is 0 Å². The van der Waals surface area contributed by atoms with Gasteiger partial charge in [0.05, 0.1) is 13.0 Å². The van der Waals surface area contributed by atoms with Gasteiger partial charge in [-0.1, -0.05) is 33.0 Å². The van der Waals surface area contributed by atoms with Gasteiger partial charge in [0.15, 0.2) is 0 Å². The van der Waals surface area contributed by atoms with E-state index >= 15 is 0 Å². The first-order valence-corrected chi connectivity index (χ1v) is 12.9. The SMILES string of the molecule is CCC[Si](OCC)(OCC)OC(C)(P)[Si](C)(C)C. The minimum atomic E-state index is -2.53. The van der Waals surface area contributed by atoms with Crippen LogP contribution in [0.3, 0.4) is 0 Å². The summed E-state index contributed by atoms with van der Waals surface area (Å²) in [6.45, 7) is 16.5. The van der Waals surface area contributed by atoms with E-state index in [0.29, 0.717) is 13.2 Å². The molecular weight excluding hydrogens is 279 g/mol. The third-order valence-electron chi connectivity index (χ3n) is 3.14. The van der Waals surface area contributed by atoms with Gasteiger partial charge in [-0.2, -0.15) is 0 Å². The standard InChI is InChI=1S/C12H31O3PSi2/c1-8-11-18(13-9-2,14-10-3)15-12(4,16)17(5,6)7/h8-11,16H2,1-7H3. The zero-order chi connectivity index (χ0) is 14.4. The molecule has 0 fully saturated rings. The lowest BCUT2D eigenvalue weighted by atomic mass is 10.6. The van der Waals surface area contributed by atoms with Crippen molar-refractivity contribution < 1.29 is 13.3 Å². The fourth-order valence-electron chi connectivity index (χ4n) is 1.52. The Kier molecular flexibility index (Phi) is 7.82. The van der Waals surface area contributed by atoms with Crippen LogP contribution in [0.2, 0.25) is 25.7 Å². The van der Waals surface area contributed by atoms with Crippen LogP contribution in [-0.4, -0.2) is 35.1 Å². The van der Waals surface area contributed by atoms with E-state index in [1.54, 1.807) is 0 Å². The average molecular weight is 311 g/mol. The lowest BCUT2D eigenvalue weighted by Crippen LogP contribution is -2.57. The summed E-state index contributed by atoms with van der Waals surface area (Å²) in [4.78, 5) is -0.210. The number of rotatable bonds is 9. The van der Waals surface area contributed by atoms with Crippen molar-refractivity contribution in [2.45, 2.75) is 64.8 Å². The van der Waals surface area contributed by atoms with Crippen LogP contribution in [0.4, 0.5) is 0 Å². The van der Waals surface area contributed by atoms with Crippen LogP contribution in [0, 0.1) is 0 Å². The van der Waals surface area contributed by atoms with Gasteiger partial charge >= 0.3 is 8.80 Å². The molecule has 0 rings (SSSR count). The van der Waals surface area contributed by atoms with Gasteiger partial charge in [0.2, 0.25) is 0 Å². The van der Waals surface area contributed by atoms with Crippen LogP contribution in [0.15, 0.2) is 0 Å². The van der Waals surface area contributed by atoms with Gasteiger partial charge in [0.25, 0.3) is 0 Å². The van der Waals surface area contributed by atoms with Crippen LogP contribution >= 0.6 is 9.24 Å². The Morgan fingerprint density at radius 3 is 1.72 bits per heavy atom. The predicted octanol–water partition coefficient (Wildman–Crippen LogP) is 3.89. The smallest absolute Gasteiger partial charge is 0.374 e. The molecule has 2 unspecified atom stereocenters. The molecule has 0 N–H and O–H groups in total. The number of hydrogen-bond donors (Lipinski definition) is 0. The topological polar surface area (TPSA) is 27.7 Å². The van der Waals surface area contributed by atoms with Crippen molar-refractivity contribution in [1.29, 1.82) is 0 Å². The summed E-state index contributed by atoms with van der Waals surface area (Å²) < 4.78 is 18.3. The lowest BCUT2D eigenvalue weighted by Gasteiger charge is -2.43. The van der Waals surface area contributed by atoms with Gasteiger partial charge in [-0.15, -0.1) is 9.24 Å². The molecule has 0 amide bonds. The summed E-state index contributed by atoms with van der Waals surface area (Å²) in [6, 6.07) is 0.892. The van der Waals surface area contributed by atoms with Gasteiger partial charge in [-0.25, -0.2) is 0 Å². The fraction of sp³-hybridized carbons (Fsp3) is 1.00. The molecule has 0 aliphatic carbocycles. The monoisotopic (exact) mass is 310 g/mol. The zero-order valence-corrected chi connectivity index (χ0v) is 16.3. The molecule has 3 nitrogen and oxygen atoms in total. The Hall–Kier alpha value is 0.744. The molecule has 110 valence electrons. The Morgan fingerprint density at radius 1 is 1.00 bits per heavy atom. The fourth-order valence-corrected chi connectivity index (χ4v) is 6.48. The van der Waals surface area contributed by atoms with Crippen molar-refractivity contribution in [2.24, 2.45) is 0 Å². The van der Waals surface area contributed by atoms with Crippen LogP contribution < -0.4 is 0 Å². The minimum absolute atomic E-state index is 0.210. The lowest BCUT2D eigenvalue weighted by molar-refractivity contribution is 0.0475. The highest BCUT2D eigenvalue weighted by molar-refractivity contribution is 7.26. The maximum atomic E-state index is 6.43. The second-order valence-electron chi connectivity index (χ2n) is 5.76. The summed E-state index contributed by atoms with van der Waals surface area (Å²) in [5, 5.41) is 0. The molecule has 0 spiro atoms. The maximum absolute atomic E-state index is 6.43. The zero-order valence-electron chi connectivity index (χ0n) is 13.1. The molecule has 18 heavy (non-hydrogen) atoms. The largest absolute Gasteiger partial charge is 0.501 e. The molecule has 0 aliphatic heterocycles. The Balaban J connectivity index is 5.07.